The molecule has 240 valence electrons. The van der Waals surface area contributed by atoms with E-state index in [2.05, 4.69) is 5.32 Å². The van der Waals surface area contributed by atoms with Crippen molar-refractivity contribution in [3.8, 4) is 5.75 Å². The van der Waals surface area contributed by atoms with Crippen LogP contribution in [0, 0.1) is 11.6 Å². The largest absolute Gasteiger partial charge is 0.497 e. The SMILES string of the molecule is COc1ccc(N(C)C(=O)[C@H](Cc2cc(F)cc(F)c2)NC(=O)CN(Cc2ccccc2)C(=O)Cc2ccc3ccccc3c2)cc1. The summed E-state index contributed by atoms with van der Waals surface area (Å²) in [6, 6.07) is 31.5. The normalized spacial score (nSPS) is 11.5. The van der Waals surface area contributed by atoms with Crippen molar-refractivity contribution in [2.45, 2.75) is 25.4 Å². The lowest BCUT2D eigenvalue weighted by atomic mass is 10.0. The van der Waals surface area contributed by atoms with Crippen LogP contribution in [0.2, 0.25) is 0 Å². The highest BCUT2D eigenvalue weighted by Crippen LogP contribution is 2.21. The topological polar surface area (TPSA) is 79.0 Å². The van der Waals surface area contributed by atoms with Gasteiger partial charge in [-0.1, -0.05) is 72.8 Å². The van der Waals surface area contributed by atoms with E-state index in [0.29, 0.717) is 11.4 Å². The van der Waals surface area contributed by atoms with Gasteiger partial charge in [-0.05, 0) is 63.9 Å². The Morgan fingerprint density at radius 2 is 1.40 bits per heavy atom. The van der Waals surface area contributed by atoms with Crippen molar-refractivity contribution in [1.82, 2.24) is 10.2 Å². The molecule has 0 heterocycles. The van der Waals surface area contributed by atoms with Crippen molar-refractivity contribution in [3.63, 3.8) is 0 Å². The van der Waals surface area contributed by atoms with E-state index < -0.39 is 29.5 Å². The molecule has 5 rings (SSSR count). The molecule has 5 aromatic carbocycles. The third kappa shape index (κ3) is 8.79. The smallest absolute Gasteiger partial charge is 0.249 e. The summed E-state index contributed by atoms with van der Waals surface area (Å²) in [6.07, 6.45) is -0.112. The molecular weight excluding hydrogens is 600 g/mol. The average Bonchev–Trinajstić information content (AvgIpc) is 3.07. The van der Waals surface area contributed by atoms with E-state index in [1.807, 2.05) is 72.8 Å². The van der Waals surface area contributed by atoms with Crippen molar-refractivity contribution >= 4 is 34.2 Å². The number of halogens is 2. The molecule has 0 aliphatic heterocycles. The quantitative estimate of drug-likeness (QED) is 0.180. The number of ether oxygens (including phenoxy) is 1. The summed E-state index contributed by atoms with van der Waals surface area (Å²) in [4.78, 5) is 43.9. The van der Waals surface area contributed by atoms with Crippen LogP contribution in [0.4, 0.5) is 14.5 Å². The summed E-state index contributed by atoms with van der Waals surface area (Å²) in [5.74, 6) is -2.37. The zero-order valence-corrected chi connectivity index (χ0v) is 26.2. The second-order valence-corrected chi connectivity index (χ2v) is 11.3. The molecule has 0 saturated heterocycles. The number of nitrogens with zero attached hydrogens (tertiary/aromatic N) is 2. The zero-order chi connectivity index (χ0) is 33.3. The Labute approximate surface area is 272 Å². The van der Waals surface area contributed by atoms with Gasteiger partial charge in [-0.15, -0.1) is 0 Å². The van der Waals surface area contributed by atoms with Gasteiger partial charge < -0.3 is 19.9 Å². The minimum atomic E-state index is -1.19. The summed E-state index contributed by atoms with van der Waals surface area (Å²) in [5, 5.41) is 4.80. The first-order valence-corrected chi connectivity index (χ1v) is 15.1. The van der Waals surface area contributed by atoms with E-state index in [1.165, 1.54) is 16.9 Å². The summed E-state index contributed by atoms with van der Waals surface area (Å²) < 4.78 is 33.4. The highest BCUT2D eigenvalue weighted by atomic mass is 19.1. The Hall–Kier alpha value is -5.57. The maximum atomic E-state index is 14.1. The van der Waals surface area contributed by atoms with Gasteiger partial charge >= 0.3 is 0 Å². The number of nitrogens with one attached hydrogen (secondary N) is 1. The first-order chi connectivity index (χ1) is 22.7. The Balaban J connectivity index is 1.37. The lowest BCUT2D eigenvalue weighted by molar-refractivity contribution is -0.136. The maximum absolute atomic E-state index is 14.1. The molecule has 0 unspecified atom stereocenters. The van der Waals surface area contributed by atoms with Crippen LogP contribution in [0.5, 0.6) is 5.75 Å². The predicted octanol–water partition coefficient (Wildman–Crippen LogP) is 6.09. The molecule has 0 radical (unpaired) electrons. The number of likely N-dealkylation sites (N-methyl/N-ethyl adjacent to an activating group) is 1. The number of amides is 3. The fourth-order valence-corrected chi connectivity index (χ4v) is 5.42. The second-order valence-electron chi connectivity index (χ2n) is 11.3. The van der Waals surface area contributed by atoms with Crippen molar-refractivity contribution in [2.24, 2.45) is 0 Å². The zero-order valence-electron chi connectivity index (χ0n) is 26.2. The highest BCUT2D eigenvalue weighted by molar-refractivity contribution is 5.99. The number of hydrogen-bond donors (Lipinski definition) is 1. The number of carbonyl (C=O) groups is 3. The van der Waals surface area contributed by atoms with Crippen LogP contribution >= 0.6 is 0 Å². The molecule has 0 spiro atoms. The molecule has 0 saturated carbocycles. The standard InChI is InChI=1S/C38H35F2N3O4/c1-42(33-14-16-34(47-2)17-15-33)38(46)35(21-28-19-31(39)23-32(40)20-28)41-36(44)25-43(24-26-8-4-3-5-9-26)37(45)22-27-12-13-29-10-6-7-11-30(29)18-27/h3-20,23,35H,21-22,24-25H2,1-2H3,(H,41,44)/t35-/m0/s1. The molecule has 9 heteroatoms. The van der Waals surface area contributed by atoms with Crippen molar-refractivity contribution < 1.29 is 27.9 Å². The Morgan fingerprint density at radius 3 is 2.09 bits per heavy atom. The number of rotatable bonds is 12. The number of methoxy groups -OCH3 is 1. The van der Waals surface area contributed by atoms with E-state index >= 15 is 0 Å². The molecule has 47 heavy (non-hydrogen) atoms. The number of hydrogen-bond acceptors (Lipinski definition) is 4. The third-order valence-electron chi connectivity index (χ3n) is 7.86. The Morgan fingerprint density at radius 1 is 0.745 bits per heavy atom. The predicted molar refractivity (Wildman–Crippen MR) is 178 cm³/mol. The lowest BCUT2D eigenvalue weighted by Gasteiger charge is -2.27. The van der Waals surface area contributed by atoms with Gasteiger partial charge in [0.25, 0.3) is 0 Å². The summed E-state index contributed by atoms with van der Waals surface area (Å²) in [5.41, 5.74) is 2.35. The molecule has 7 nitrogen and oxygen atoms in total. The fourth-order valence-electron chi connectivity index (χ4n) is 5.42. The van der Waals surface area contributed by atoms with Crippen LogP contribution in [0.25, 0.3) is 10.8 Å². The van der Waals surface area contributed by atoms with Crippen LogP contribution in [0.15, 0.2) is 115 Å². The summed E-state index contributed by atoms with van der Waals surface area (Å²) in [6.45, 7) is -0.172. The average molecular weight is 636 g/mol. The van der Waals surface area contributed by atoms with Gasteiger partial charge in [-0.3, -0.25) is 14.4 Å². The molecule has 1 N–H and O–H groups in total. The van der Waals surface area contributed by atoms with E-state index in [9.17, 15) is 23.2 Å². The van der Waals surface area contributed by atoms with Crippen molar-refractivity contribution in [1.29, 1.82) is 0 Å². The van der Waals surface area contributed by atoms with E-state index in [-0.39, 0.29) is 37.4 Å². The number of benzene rings is 5. The molecule has 0 fully saturated rings. The number of carbonyl (C=O) groups excluding carboxylic acids is 3. The second kappa shape index (κ2) is 15.1. The Bertz CT molecular complexity index is 1840. The molecule has 5 aromatic rings. The summed E-state index contributed by atoms with van der Waals surface area (Å²) >= 11 is 0. The first kappa shape index (κ1) is 32.8. The molecular formula is C38H35F2N3O4. The van der Waals surface area contributed by atoms with Gasteiger partial charge in [0.1, 0.15) is 23.4 Å². The molecule has 0 bridgehead atoms. The molecule has 0 aliphatic rings. The lowest BCUT2D eigenvalue weighted by Crippen LogP contribution is -2.51. The minimum Gasteiger partial charge on any atom is -0.497 e. The van der Waals surface area contributed by atoms with Crippen molar-refractivity contribution in [2.75, 3.05) is 25.6 Å². The van der Waals surface area contributed by atoms with Gasteiger partial charge in [0.05, 0.1) is 20.1 Å². The van der Waals surface area contributed by atoms with Crippen LogP contribution in [-0.2, 0) is 33.8 Å². The summed E-state index contributed by atoms with van der Waals surface area (Å²) in [7, 11) is 3.07. The van der Waals surface area contributed by atoms with Gasteiger partial charge in [0, 0.05) is 31.8 Å². The van der Waals surface area contributed by atoms with Crippen molar-refractivity contribution in [3.05, 3.63) is 144 Å². The van der Waals surface area contributed by atoms with E-state index in [4.69, 9.17) is 4.74 Å². The van der Waals surface area contributed by atoms with Crippen LogP contribution < -0.4 is 15.0 Å². The Kier molecular flexibility index (Phi) is 10.6. The number of fused-ring (bicyclic) bond motifs is 1. The molecule has 0 aliphatic carbocycles. The molecule has 0 aromatic heterocycles. The van der Waals surface area contributed by atoms with Gasteiger partial charge in [-0.2, -0.15) is 0 Å². The van der Waals surface area contributed by atoms with Gasteiger partial charge in [0.2, 0.25) is 17.7 Å². The van der Waals surface area contributed by atoms with E-state index in [0.717, 1.165) is 40.1 Å². The third-order valence-corrected chi connectivity index (χ3v) is 7.86. The first-order valence-electron chi connectivity index (χ1n) is 15.1. The minimum absolute atomic E-state index is 0.0656. The molecule has 1 atom stereocenters. The molecule has 3 amide bonds. The van der Waals surface area contributed by atoms with Gasteiger partial charge in [-0.25, -0.2) is 8.78 Å². The van der Waals surface area contributed by atoms with Gasteiger partial charge in [0.15, 0.2) is 0 Å². The van der Waals surface area contributed by atoms with Crippen LogP contribution in [0.3, 0.4) is 0 Å². The van der Waals surface area contributed by atoms with Crippen LogP contribution in [-0.4, -0.2) is 49.4 Å². The number of anilines is 1. The van der Waals surface area contributed by atoms with E-state index in [1.54, 1.807) is 31.3 Å². The highest BCUT2D eigenvalue weighted by Gasteiger charge is 2.27. The van der Waals surface area contributed by atoms with Crippen LogP contribution in [0.1, 0.15) is 16.7 Å². The monoisotopic (exact) mass is 635 g/mol. The maximum Gasteiger partial charge on any atom is 0.249 e. The fraction of sp³-hybridized carbons (Fsp3) is 0.184.